The number of allylic oxidation sites excluding steroid dienone is 2. The molecule has 1 aliphatic rings. The first-order chi connectivity index (χ1) is 20.6. The van der Waals surface area contributed by atoms with Gasteiger partial charge in [-0.3, -0.25) is 0 Å². The first-order valence-corrected chi connectivity index (χ1v) is 16.7. The summed E-state index contributed by atoms with van der Waals surface area (Å²) in [4.78, 5) is 2.07. The van der Waals surface area contributed by atoms with Crippen molar-refractivity contribution >= 4 is 21.0 Å². The molecule has 246 valence electrons. The second-order valence-electron chi connectivity index (χ2n) is 11.6. The quantitative estimate of drug-likeness (QED) is 0.146. The maximum atomic E-state index is 14.1. The molecule has 0 spiro atoms. The number of aryl methyl sites for hydroxylation is 1. The number of phenols is 1. The van der Waals surface area contributed by atoms with Crippen LogP contribution in [0.5, 0.6) is 5.75 Å². The predicted octanol–water partition coefficient (Wildman–Crippen LogP) is 8.58. The van der Waals surface area contributed by atoms with Crippen LogP contribution in [-0.4, -0.2) is 62.2 Å². The lowest BCUT2D eigenvalue weighted by atomic mass is 9.89. The molecule has 4 nitrogen and oxygen atoms in total. The minimum Gasteiger partial charge on any atom is -0.508 e. The number of unbranched alkanes of at least 4 members (excludes halogenated alkanes) is 5. The molecule has 0 atom stereocenters. The Kier molecular flexibility index (Phi) is 12.7. The maximum absolute atomic E-state index is 14.1. The van der Waals surface area contributed by atoms with Gasteiger partial charge in [0.1, 0.15) is 11.5 Å². The SMILES string of the molecule is CN(CCCCCCC1=C(c2ccc(F)c(F)c2)CCCc2cc(O)ccc21)CCCCCS(=O)(=O)CC(F)(F)C(F)(F)F. The standard InChI is InChI=1S/C32H40F7NO3S/c1-40(18-7-4-8-19-44(42,43)22-31(35,36)32(37,38)39)17-6-3-2-5-11-28-26(24-13-16-29(33)30(34)21-24)12-9-10-23-20-25(41)14-15-27(23)28/h13-16,20-21,41H,2-12,17-19,22H2,1H3. The average molecular weight is 652 g/mol. The molecule has 44 heavy (non-hydrogen) atoms. The van der Waals surface area contributed by atoms with Crippen LogP contribution in [0.15, 0.2) is 36.4 Å². The molecule has 0 saturated carbocycles. The number of rotatable bonds is 16. The number of hydrogen-bond acceptors (Lipinski definition) is 4. The number of halogens is 7. The number of sulfone groups is 1. The Balaban J connectivity index is 1.43. The lowest BCUT2D eigenvalue weighted by Crippen LogP contribution is -2.43. The zero-order valence-electron chi connectivity index (χ0n) is 24.8. The number of phenolic OH excluding ortho intramolecular Hbond substituents is 1. The minimum absolute atomic E-state index is 0.0231. The van der Waals surface area contributed by atoms with Gasteiger partial charge in [0.25, 0.3) is 0 Å². The third-order valence-electron chi connectivity index (χ3n) is 7.95. The van der Waals surface area contributed by atoms with Crippen LogP contribution < -0.4 is 0 Å². The number of fused-ring (bicyclic) bond motifs is 1. The van der Waals surface area contributed by atoms with Crippen molar-refractivity contribution in [1.82, 2.24) is 4.90 Å². The van der Waals surface area contributed by atoms with Crippen molar-refractivity contribution in [3.8, 4) is 5.75 Å². The number of benzene rings is 2. The van der Waals surface area contributed by atoms with E-state index >= 15 is 0 Å². The number of hydrogen-bond donors (Lipinski definition) is 1. The van der Waals surface area contributed by atoms with Crippen LogP contribution in [0.2, 0.25) is 0 Å². The fourth-order valence-electron chi connectivity index (χ4n) is 5.60. The zero-order valence-corrected chi connectivity index (χ0v) is 25.7. The van der Waals surface area contributed by atoms with E-state index in [0.717, 1.165) is 79.8 Å². The molecule has 1 N–H and O–H groups in total. The van der Waals surface area contributed by atoms with E-state index in [1.165, 1.54) is 6.07 Å². The molecule has 0 saturated heterocycles. The number of nitrogens with zero attached hydrogens (tertiary/aromatic N) is 1. The van der Waals surface area contributed by atoms with Gasteiger partial charge in [-0.05, 0) is 124 Å². The van der Waals surface area contributed by atoms with Gasteiger partial charge in [-0.25, -0.2) is 17.2 Å². The molecule has 0 bridgehead atoms. The number of alkyl halides is 5. The van der Waals surface area contributed by atoms with E-state index < -0.39 is 45.1 Å². The van der Waals surface area contributed by atoms with Gasteiger partial charge >= 0.3 is 12.1 Å². The highest BCUT2D eigenvalue weighted by atomic mass is 32.2. The molecule has 1 aliphatic carbocycles. The molecule has 0 aliphatic heterocycles. The highest BCUT2D eigenvalue weighted by Crippen LogP contribution is 2.40. The van der Waals surface area contributed by atoms with Gasteiger partial charge in [-0.1, -0.05) is 31.4 Å². The topological polar surface area (TPSA) is 57.6 Å². The van der Waals surface area contributed by atoms with Crippen molar-refractivity contribution in [2.45, 2.75) is 82.7 Å². The monoisotopic (exact) mass is 651 g/mol. The summed E-state index contributed by atoms with van der Waals surface area (Å²) in [5.41, 5.74) is 4.82. The molecule has 2 aromatic carbocycles. The van der Waals surface area contributed by atoms with E-state index in [1.54, 1.807) is 18.2 Å². The molecule has 0 unspecified atom stereocenters. The van der Waals surface area contributed by atoms with Gasteiger partial charge in [-0.2, -0.15) is 22.0 Å². The predicted molar refractivity (Wildman–Crippen MR) is 158 cm³/mol. The second kappa shape index (κ2) is 15.6. The van der Waals surface area contributed by atoms with Crippen molar-refractivity contribution in [3.63, 3.8) is 0 Å². The molecule has 12 heteroatoms. The van der Waals surface area contributed by atoms with Gasteiger partial charge in [0.15, 0.2) is 21.5 Å². The van der Waals surface area contributed by atoms with Crippen LogP contribution in [0.4, 0.5) is 30.7 Å². The van der Waals surface area contributed by atoms with Crippen molar-refractivity contribution in [3.05, 3.63) is 64.7 Å². The van der Waals surface area contributed by atoms with Crippen molar-refractivity contribution in [2.24, 2.45) is 0 Å². The molecular weight excluding hydrogens is 611 g/mol. The Hall–Kier alpha value is -2.60. The zero-order chi connectivity index (χ0) is 32.5. The summed E-state index contributed by atoms with van der Waals surface area (Å²) in [6, 6.07) is 9.32. The summed E-state index contributed by atoms with van der Waals surface area (Å²) in [7, 11) is -2.61. The molecule has 0 amide bonds. The van der Waals surface area contributed by atoms with Crippen molar-refractivity contribution < 1.29 is 44.3 Å². The van der Waals surface area contributed by atoms with Gasteiger partial charge in [-0.15, -0.1) is 0 Å². The van der Waals surface area contributed by atoms with Crippen LogP contribution in [0.25, 0.3) is 11.1 Å². The van der Waals surface area contributed by atoms with E-state index in [9.17, 15) is 44.3 Å². The molecule has 3 rings (SSSR count). The molecular formula is C32H40F7NO3S. The molecule has 0 heterocycles. The Morgan fingerprint density at radius 1 is 0.818 bits per heavy atom. The highest BCUT2D eigenvalue weighted by molar-refractivity contribution is 7.91. The molecule has 0 fully saturated rings. The Morgan fingerprint density at radius 3 is 2.14 bits per heavy atom. The van der Waals surface area contributed by atoms with E-state index in [2.05, 4.69) is 4.90 Å². The maximum Gasteiger partial charge on any atom is 0.454 e. The Morgan fingerprint density at radius 2 is 1.48 bits per heavy atom. The lowest BCUT2D eigenvalue weighted by molar-refractivity contribution is -0.271. The fraction of sp³-hybridized carbons (Fsp3) is 0.562. The van der Waals surface area contributed by atoms with Gasteiger partial charge in [0.05, 0.1) is 5.75 Å². The summed E-state index contributed by atoms with van der Waals surface area (Å²) >= 11 is 0. The molecule has 2 aromatic rings. The van der Waals surface area contributed by atoms with E-state index in [4.69, 9.17) is 0 Å². The second-order valence-corrected chi connectivity index (χ2v) is 13.8. The van der Waals surface area contributed by atoms with Crippen LogP contribution >= 0.6 is 0 Å². The van der Waals surface area contributed by atoms with Crippen molar-refractivity contribution in [2.75, 3.05) is 31.6 Å². The first-order valence-electron chi connectivity index (χ1n) is 14.9. The van der Waals surface area contributed by atoms with E-state index in [-0.39, 0.29) is 12.2 Å². The summed E-state index contributed by atoms with van der Waals surface area (Å²) in [6.45, 7) is 1.44. The molecule has 0 radical (unpaired) electrons. The summed E-state index contributed by atoms with van der Waals surface area (Å²) in [6.07, 6.45) is 1.88. The normalized spacial score (nSPS) is 14.7. The smallest absolute Gasteiger partial charge is 0.454 e. The fourth-order valence-corrected chi connectivity index (χ4v) is 7.10. The Bertz CT molecular complexity index is 1390. The van der Waals surface area contributed by atoms with E-state index in [0.29, 0.717) is 31.4 Å². The highest BCUT2D eigenvalue weighted by Gasteiger charge is 2.59. The first kappa shape index (κ1) is 35.9. The van der Waals surface area contributed by atoms with Crippen LogP contribution in [0, 0.1) is 11.6 Å². The Labute approximate surface area is 254 Å². The van der Waals surface area contributed by atoms with Crippen LogP contribution in [0.1, 0.15) is 80.9 Å². The third-order valence-corrected chi connectivity index (χ3v) is 9.66. The largest absolute Gasteiger partial charge is 0.508 e. The van der Waals surface area contributed by atoms with Gasteiger partial charge in [0.2, 0.25) is 0 Å². The van der Waals surface area contributed by atoms with Gasteiger partial charge in [0, 0.05) is 0 Å². The summed E-state index contributed by atoms with van der Waals surface area (Å²) in [5, 5.41) is 10.0. The van der Waals surface area contributed by atoms with Crippen LogP contribution in [0.3, 0.4) is 0 Å². The number of aromatic hydroxyl groups is 1. The summed E-state index contributed by atoms with van der Waals surface area (Å²) in [5.74, 6) is -9.76. The average Bonchev–Trinajstić information content (AvgIpc) is 3.09. The molecule has 0 aromatic heterocycles. The minimum atomic E-state index is -5.89. The van der Waals surface area contributed by atoms with E-state index in [1.807, 2.05) is 13.1 Å². The van der Waals surface area contributed by atoms with Gasteiger partial charge < -0.3 is 10.0 Å². The third kappa shape index (κ3) is 10.5. The van der Waals surface area contributed by atoms with Crippen molar-refractivity contribution in [1.29, 1.82) is 0 Å². The lowest BCUT2D eigenvalue weighted by Gasteiger charge is -2.19. The van der Waals surface area contributed by atoms with Crippen LogP contribution in [-0.2, 0) is 16.3 Å². The summed E-state index contributed by atoms with van der Waals surface area (Å²) < 4.78 is 114.